The minimum Gasteiger partial charge on any atom is -0.449 e. The van der Waals surface area contributed by atoms with Crippen LogP contribution in [0.15, 0.2) is 91.1 Å². The average molecular weight is 421 g/mol. The second kappa shape index (κ2) is 9.06. The van der Waals surface area contributed by atoms with Crippen LogP contribution in [0.25, 0.3) is 28.1 Å². The van der Waals surface area contributed by atoms with Crippen molar-refractivity contribution in [1.82, 2.24) is 10.3 Å². The molecular formula is C28H24N2O2. The summed E-state index contributed by atoms with van der Waals surface area (Å²) in [5.41, 5.74) is 7.00. The SMILES string of the molecule is O=C(NCCC=Cc1ccc2ncccc2c1)OCC1c2ccccc2-c2ccccc21. The van der Waals surface area contributed by atoms with E-state index in [1.807, 2.05) is 42.5 Å². The van der Waals surface area contributed by atoms with Crippen LogP contribution in [-0.4, -0.2) is 24.2 Å². The van der Waals surface area contributed by atoms with E-state index < -0.39 is 0 Å². The molecule has 1 aliphatic rings. The molecule has 4 aromatic rings. The van der Waals surface area contributed by atoms with Crippen molar-refractivity contribution in [3.05, 3.63) is 108 Å². The van der Waals surface area contributed by atoms with Crippen LogP contribution in [-0.2, 0) is 4.74 Å². The van der Waals surface area contributed by atoms with Crippen molar-refractivity contribution in [2.75, 3.05) is 13.2 Å². The Morgan fingerprint density at radius 2 is 1.69 bits per heavy atom. The maximum atomic E-state index is 12.2. The van der Waals surface area contributed by atoms with Crippen LogP contribution in [0, 0.1) is 0 Å². The number of hydrogen-bond donors (Lipinski definition) is 1. The molecule has 4 nitrogen and oxygen atoms in total. The standard InChI is InChI=1S/C28H24N2O2/c31-28(30-16-6-5-8-20-14-15-27-21(18-20)9-7-17-29-27)32-19-26-24-12-3-1-10-22(24)23-11-2-4-13-25(23)26/h1-5,7-15,17-18,26H,6,16,19H2,(H,30,31). The molecule has 0 saturated carbocycles. The highest BCUT2D eigenvalue weighted by Crippen LogP contribution is 2.44. The molecule has 1 heterocycles. The van der Waals surface area contributed by atoms with E-state index in [2.05, 4.69) is 58.9 Å². The van der Waals surface area contributed by atoms with E-state index >= 15 is 0 Å². The normalized spacial score (nSPS) is 12.6. The lowest BCUT2D eigenvalue weighted by molar-refractivity contribution is 0.143. The number of benzene rings is 3. The third-order valence-corrected chi connectivity index (χ3v) is 5.86. The molecule has 0 radical (unpaired) electrons. The number of nitrogens with one attached hydrogen (secondary N) is 1. The minimum absolute atomic E-state index is 0.0791. The van der Waals surface area contributed by atoms with E-state index in [0.29, 0.717) is 13.2 Å². The molecule has 1 aliphatic carbocycles. The number of nitrogens with zero attached hydrogens (tertiary/aromatic N) is 1. The van der Waals surface area contributed by atoms with Gasteiger partial charge in [-0.05, 0) is 52.4 Å². The minimum atomic E-state index is -0.378. The summed E-state index contributed by atoms with van der Waals surface area (Å²) in [7, 11) is 0. The molecule has 0 fully saturated rings. The Kier molecular flexibility index (Phi) is 5.67. The highest BCUT2D eigenvalue weighted by Gasteiger charge is 2.28. The Hall–Kier alpha value is -3.92. The van der Waals surface area contributed by atoms with Crippen LogP contribution in [0.3, 0.4) is 0 Å². The Balaban J connectivity index is 1.12. The van der Waals surface area contributed by atoms with Crippen molar-refractivity contribution in [2.24, 2.45) is 0 Å². The van der Waals surface area contributed by atoms with Gasteiger partial charge in [-0.15, -0.1) is 0 Å². The zero-order chi connectivity index (χ0) is 21.8. The number of carbonyl (C=O) groups is 1. The second-order valence-corrected chi connectivity index (χ2v) is 7.90. The summed E-state index contributed by atoms with van der Waals surface area (Å²) < 4.78 is 5.57. The zero-order valence-corrected chi connectivity index (χ0v) is 17.7. The van der Waals surface area contributed by atoms with Gasteiger partial charge in [0.05, 0.1) is 5.52 Å². The molecule has 5 rings (SSSR count). The van der Waals surface area contributed by atoms with E-state index in [1.165, 1.54) is 22.3 Å². The van der Waals surface area contributed by atoms with Crippen LogP contribution < -0.4 is 5.32 Å². The molecule has 0 bridgehead atoms. The van der Waals surface area contributed by atoms with Crippen LogP contribution >= 0.6 is 0 Å². The fraction of sp³-hybridized carbons (Fsp3) is 0.143. The monoisotopic (exact) mass is 420 g/mol. The molecule has 1 aromatic heterocycles. The van der Waals surface area contributed by atoms with Gasteiger partial charge in [-0.1, -0.05) is 72.8 Å². The fourth-order valence-electron chi connectivity index (χ4n) is 4.32. The summed E-state index contributed by atoms with van der Waals surface area (Å²) in [5, 5.41) is 3.97. The number of fused-ring (bicyclic) bond motifs is 4. The van der Waals surface area contributed by atoms with Crippen molar-refractivity contribution < 1.29 is 9.53 Å². The first-order valence-electron chi connectivity index (χ1n) is 10.9. The zero-order valence-electron chi connectivity index (χ0n) is 17.7. The molecule has 0 aliphatic heterocycles. The summed E-state index contributed by atoms with van der Waals surface area (Å²) in [5.74, 6) is 0.0791. The molecule has 0 spiro atoms. The van der Waals surface area contributed by atoms with Gasteiger partial charge in [0.1, 0.15) is 6.61 Å². The van der Waals surface area contributed by atoms with Gasteiger partial charge in [0.15, 0.2) is 0 Å². The van der Waals surface area contributed by atoms with Gasteiger partial charge in [0.25, 0.3) is 0 Å². The number of aromatic nitrogens is 1. The lowest BCUT2D eigenvalue weighted by Gasteiger charge is -2.14. The molecule has 0 atom stereocenters. The average Bonchev–Trinajstić information content (AvgIpc) is 3.16. The van der Waals surface area contributed by atoms with Crippen molar-refractivity contribution in [3.8, 4) is 11.1 Å². The third-order valence-electron chi connectivity index (χ3n) is 5.86. The predicted molar refractivity (Wildman–Crippen MR) is 128 cm³/mol. The highest BCUT2D eigenvalue weighted by molar-refractivity contribution is 5.81. The predicted octanol–water partition coefficient (Wildman–Crippen LogP) is 6.18. The van der Waals surface area contributed by atoms with Crippen LogP contribution in [0.4, 0.5) is 4.79 Å². The van der Waals surface area contributed by atoms with Gasteiger partial charge in [-0.3, -0.25) is 4.98 Å². The van der Waals surface area contributed by atoms with Crippen LogP contribution in [0.5, 0.6) is 0 Å². The van der Waals surface area contributed by atoms with Gasteiger partial charge in [0, 0.05) is 24.0 Å². The molecule has 1 amide bonds. The van der Waals surface area contributed by atoms with Crippen LogP contribution in [0.1, 0.15) is 29.0 Å². The maximum Gasteiger partial charge on any atom is 0.407 e. The number of alkyl carbamates (subject to hydrolysis) is 1. The number of rotatable bonds is 6. The highest BCUT2D eigenvalue weighted by atomic mass is 16.5. The number of carbonyl (C=O) groups excluding carboxylic acids is 1. The third kappa shape index (κ3) is 4.12. The topological polar surface area (TPSA) is 51.2 Å². The first-order valence-corrected chi connectivity index (χ1v) is 10.9. The first kappa shape index (κ1) is 20.0. The molecule has 32 heavy (non-hydrogen) atoms. The van der Waals surface area contributed by atoms with E-state index in [0.717, 1.165) is 22.9 Å². The lowest BCUT2D eigenvalue weighted by Crippen LogP contribution is -2.26. The van der Waals surface area contributed by atoms with Crippen molar-refractivity contribution >= 4 is 23.1 Å². The molecule has 1 N–H and O–H groups in total. The first-order chi connectivity index (χ1) is 15.8. The van der Waals surface area contributed by atoms with Crippen molar-refractivity contribution in [2.45, 2.75) is 12.3 Å². The fourth-order valence-corrected chi connectivity index (χ4v) is 4.32. The summed E-state index contributed by atoms with van der Waals surface area (Å²) in [6, 6.07) is 26.8. The Bertz CT molecular complexity index is 1250. The largest absolute Gasteiger partial charge is 0.449 e. The summed E-state index contributed by atoms with van der Waals surface area (Å²) in [6.45, 7) is 0.864. The smallest absolute Gasteiger partial charge is 0.407 e. The van der Waals surface area contributed by atoms with Crippen molar-refractivity contribution in [3.63, 3.8) is 0 Å². The quantitative estimate of drug-likeness (QED) is 0.379. The van der Waals surface area contributed by atoms with E-state index in [9.17, 15) is 4.79 Å². The number of ether oxygens (including phenoxy) is 1. The summed E-state index contributed by atoms with van der Waals surface area (Å²) >= 11 is 0. The number of hydrogen-bond acceptors (Lipinski definition) is 3. The molecule has 0 unspecified atom stereocenters. The maximum absolute atomic E-state index is 12.2. The van der Waals surface area contributed by atoms with Gasteiger partial charge in [-0.25, -0.2) is 4.79 Å². The number of amides is 1. The number of pyridine rings is 1. The molecule has 158 valence electrons. The molecule has 0 saturated heterocycles. The Morgan fingerprint density at radius 3 is 2.47 bits per heavy atom. The van der Waals surface area contributed by atoms with Gasteiger partial charge >= 0.3 is 6.09 Å². The Morgan fingerprint density at radius 1 is 0.938 bits per heavy atom. The molecule has 3 aromatic carbocycles. The van der Waals surface area contributed by atoms with Gasteiger partial charge in [-0.2, -0.15) is 0 Å². The van der Waals surface area contributed by atoms with Gasteiger partial charge in [0.2, 0.25) is 0 Å². The van der Waals surface area contributed by atoms with E-state index in [1.54, 1.807) is 6.20 Å². The van der Waals surface area contributed by atoms with Gasteiger partial charge < -0.3 is 10.1 Å². The summed E-state index contributed by atoms with van der Waals surface area (Å²) in [6.07, 6.45) is 6.27. The van der Waals surface area contributed by atoms with Crippen molar-refractivity contribution in [1.29, 1.82) is 0 Å². The molecular weight excluding hydrogens is 396 g/mol. The van der Waals surface area contributed by atoms with E-state index in [4.69, 9.17) is 4.74 Å². The Labute approximate surface area is 187 Å². The lowest BCUT2D eigenvalue weighted by atomic mass is 9.98. The summed E-state index contributed by atoms with van der Waals surface area (Å²) in [4.78, 5) is 16.6. The van der Waals surface area contributed by atoms with E-state index in [-0.39, 0.29) is 12.0 Å². The molecule has 4 heteroatoms. The second-order valence-electron chi connectivity index (χ2n) is 7.90. The van der Waals surface area contributed by atoms with Crippen LogP contribution in [0.2, 0.25) is 0 Å².